The lowest BCUT2D eigenvalue weighted by Gasteiger charge is -2.22. The molecule has 3 heterocycles. The van der Waals surface area contributed by atoms with Crippen molar-refractivity contribution in [2.45, 2.75) is 10.6 Å². The fourth-order valence-electron chi connectivity index (χ4n) is 9.32. The minimum atomic E-state index is 1.01. The van der Waals surface area contributed by atoms with Crippen molar-refractivity contribution in [2.24, 2.45) is 0 Å². The first kappa shape index (κ1) is 30.0. The van der Waals surface area contributed by atoms with E-state index in [1.807, 2.05) is 11.8 Å². The highest BCUT2D eigenvalue weighted by Crippen LogP contribution is 2.49. The van der Waals surface area contributed by atoms with Gasteiger partial charge < -0.3 is 9.13 Å². The average molecular weight is 705 g/mol. The number of nitrogens with zero attached hydrogens (tertiary/aromatic N) is 2. The summed E-state index contributed by atoms with van der Waals surface area (Å²) >= 11 is 1.94. The first-order valence-electron chi connectivity index (χ1n) is 18.6. The largest absolute Gasteiger partial charge is 0.307 e. The number of aromatic nitrogens is 2. The summed E-state index contributed by atoms with van der Waals surface area (Å²) in [5.41, 5.74) is 13.8. The lowest BCUT2D eigenvalue weighted by molar-refractivity contribution is 1.16. The maximum Gasteiger partial charge on any atom is 0.0789 e. The molecule has 252 valence electrons. The van der Waals surface area contributed by atoms with Crippen LogP contribution in [-0.4, -0.2) is 9.13 Å². The fraction of sp³-hybridized carbons (Fsp3) is 0.0196. The van der Waals surface area contributed by atoms with Gasteiger partial charge in [0.15, 0.2) is 0 Å². The summed E-state index contributed by atoms with van der Waals surface area (Å²) in [7, 11) is 0. The molecule has 2 nitrogen and oxygen atoms in total. The first-order valence-corrected chi connectivity index (χ1v) is 19.6. The van der Waals surface area contributed by atoms with Crippen molar-refractivity contribution >= 4 is 76.9 Å². The molecule has 1 aliphatic rings. The van der Waals surface area contributed by atoms with Crippen LogP contribution < -0.4 is 0 Å². The van der Waals surface area contributed by atoms with Gasteiger partial charge in [0, 0.05) is 48.7 Å². The van der Waals surface area contributed by atoms with Crippen LogP contribution in [0.4, 0.5) is 0 Å². The van der Waals surface area contributed by atoms with Gasteiger partial charge in [-0.1, -0.05) is 146 Å². The standard InChI is InChI=1S/C51H32N2S/c1-2-15-34(16-3-1)52-45-24-12-10-18-36(45)42-27-28-43-37-19-11-13-25-46(37)53(51(43)50(42)52)49-40-22-8-6-20-38(40)48(39-21-7-9-23-41(39)49)32-26-29-47-44(30-32)35-17-5-4-14-33(35)31-54-47/h1-30H,31H2. The summed E-state index contributed by atoms with van der Waals surface area (Å²) in [5.74, 6) is 1.01. The van der Waals surface area contributed by atoms with E-state index in [4.69, 9.17) is 0 Å². The normalized spacial score (nSPS) is 12.7. The highest BCUT2D eigenvalue weighted by molar-refractivity contribution is 7.98. The maximum atomic E-state index is 2.58. The van der Waals surface area contributed by atoms with Crippen LogP contribution in [0.3, 0.4) is 0 Å². The Morgan fingerprint density at radius 2 is 0.926 bits per heavy atom. The lowest BCUT2D eigenvalue weighted by atomic mass is 9.88. The number of fused-ring (bicyclic) bond motifs is 12. The molecule has 0 saturated carbocycles. The smallest absolute Gasteiger partial charge is 0.0789 e. The quantitative estimate of drug-likeness (QED) is 0.166. The highest BCUT2D eigenvalue weighted by atomic mass is 32.2. The maximum absolute atomic E-state index is 2.58. The number of hydrogen-bond donors (Lipinski definition) is 0. The van der Waals surface area contributed by atoms with Crippen molar-refractivity contribution in [3.05, 3.63) is 188 Å². The second kappa shape index (κ2) is 11.5. The van der Waals surface area contributed by atoms with Gasteiger partial charge in [-0.2, -0.15) is 0 Å². The summed E-state index contributed by atoms with van der Waals surface area (Å²) in [6, 6.07) is 67.5. The molecule has 0 aliphatic carbocycles. The Labute approximate surface area is 316 Å². The first-order chi connectivity index (χ1) is 26.8. The predicted molar refractivity (Wildman–Crippen MR) is 231 cm³/mol. The van der Waals surface area contributed by atoms with E-state index in [0.717, 1.165) is 11.4 Å². The minimum Gasteiger partial charge on any atom is -0.307 e. The molecule has 0 saturated heterocycles. The Bertz CT molecular complexity index is 3270. The predicted octanol–water partition coefficient (Wildman–Crippen LogP) is 14.1. The minimum absolute atomic E-state index is 1.01. The molecule has 1 aliphatic heterocycles. The van der Waals surface area contributed by atoms with Crippen LogP contribution >= 0.6 is 11.8 Å². The van der Waals surface area contributed by atoms with Gasteiger partial charge in [-0.25, -0.2) is 0 Å². The van der Waals surface area contributed by atoms with Gasteiger partial charge in [-0.15, -0.1) is 11.8 Å². The molecular weight excluding hydrogens is 673 g/mol. The molecule has 2 aromatic heterocycles. The van der Waals surface area contributed by atoms with Crippen LogP contribution in [0, 0.1) is 0 Å². The zero-order valence-corrected chi connectivity index (χ0v) is 30.1. The molecule has 0 radical (unpaired) electrons. The molecule has 12 rings (SSSR count). The summed E-state index contributed by atoms with van der Waals surface area (Å²) < 4.78 is 5.06. The van der Waals surface area contributed by atoms with E-state index in [1.165, 1.54) is 104 Å². The summed E-state index contributed by atoms with van der Waals surface area (Å²) in [4.78, 5) is 1.35. The number of thioether (sulfide) groups is 1. The molecule has 54 heavy (non-hydrogen) atoms. The SMILES string of the molecule is c1ccc(-n2c3ccccc3c3ccc4c5ccccc5n(-c5c6ccccc6c(-c6ccc7c(c6)-c6ccccc6CS7)c6ccccc56)c4c32)cc1. The molecule has 0 N–H and O–H groups in total. The van der Waals surface area contributed by atoms with E-state index >= 15 is 0 Å². The molecule has 0 fully saturated rings. The van der Waals surface area contributed by atoms with Crippen molar-refractivity contribution < 1.29 is 0 Å². The molecule has 11 aromatic rings. The molecule has 0 spiro atoms. The van der Waals surface area contributed by atoms with E-state index in [0.29, 0.717) is 0 Å². The second-order valence-corrected chi connectivity index (χ2v) is 15.4. The van der Waals surface area contributed by atoms with Crippen LogP contribution in [0.15, 0.2) is 187 Å². The highest BCUT2D eigenvalue weighted by Gasteiger charge is 2.25. The molecule has 0 amide bonds. The molecule has 0 unspecified atom stereocenters. The van der Waals surface area contributed by atoms with Gasteiger partial charge in [0.25, 0.3) is 0 Å². The topological polar surface area (TPSA) is 9.86 Å². The zero-order chi connectivity index (χ0) is 35.3. The monoisotopic (exact) mass is 704 g/mol. The summed E-state index contributed by atoms with van der Waals surface area (Å²) in [6.45, 7) is 0. The van der Waals surface area contributed by atoms with Crippen LogP contribution in [0.5, 0.6) is 0 Å². The molecule has 0 bridgehead atoms. The lowest BCUT2D eigenvalue weighted by Crippen LogP contribution is -2.01. The van der Waals surface area contributed by atoms with Gasteiger partial charge in [0.1, 0.15) is 0 Å². The van der Waals surface area contributed by atoms with Crippen molar-refractivity contribution in [1.29, 1.82) is 0 Å². The average Bonchev–Trinajstić information content (AvgIpc) is 3.76. The van der Waals surface area contributed by atoms with Crippen molar-refractivity contribution in [1.82, 2.24) is 9.13 Å². The Morgan fingerprint density at radius 3 is 1.61 bits per heavy atom. The van der Waals surface area contributed by atoms with Crippen molar-refractivity contribution in [2.75, 3.05) is 0 Å². The van der Waals surface area contributed by atoms with Gasteiger partial charge in [-0.05, 0) is 75.0 Å². The number of rotatable bonds is 3. The van der Waals surface area contributed by atoms with Crippen molar-refractivity contribution in [3.8, 4) is 33.6 Å². The van der Waals surface area contributed by atoms with E-state index in [-0.39, 0.29) is 0 Å². The second-order valence-electron chi connectivity index (χ2n) is 14.4. The summed E-state index contributed by atoms with van der Waals surface area (Å²) in [6.07, 6.45) is 0. The van der Waals surface area contributed by atoms with Crippen LogP contribution in [-0.2, 0) is 5.75 Å². The van der Waals surface area contributed by atoms with Gasteiger partial charge >= 0.3 is 0 Å². The Morgan fingerprint density at radius 1 is 0.389 bits per heavy atom. The van der Waals surface area contributed by atoms with E-state index in [9.17, 15) is 0 Å². The number of hydrogen-bond acceptors (Lipinski definition) is 1. The van der Waals surface area contributed by atoms with Gasteiger partial charge in [-0.3, -0.25) is 0 Å². The number of benzene rings is 9. The van der Waals surface area contributed by atoms with E-state index < -0.39 is 0 Å². The third kappa shape index (κ3) is 4.13. The van der Waals surface area contributed by atoms with Crippen LogP contribution in [0.1, 0.15) is 5.56 Å². The molecule has 9 aromatic carbocycles. The van der Waals surface area contributed by atoms with Gasteiger partial charge in [0.2, 0.25) is 0 Å². The van der Waals surface area contributed by atoms with E-state index in [2.05, 4.69) is 191 Å². The summed E-state index contributed by atoms with van der Waals surface area (Å²) in [5, 5.41) is 10.00. The van der Waals surface area contributed by atoms with Crippen LogP contribution in [0.2, 0.25) is 0 Å². The zero-order valence-electron chi connectivity index (χ0n) is 29.3. The van der Waals surface area contributed by atoms with Crippen LogP contribution in [0.25, 0.3) is 98.8 Å². The Hall–Kier alpha value is -6.55. The fourth-order valence-corrected chi connectivity index (χ4v) is 10.4. The van der Waals surface area contributed by atoms with Gasteiger partial charge in [0.05, 0.1) is 27.8 Å². The molecule has 0 atom stereocenters. The third-order valence-electron chi connectivity index (χ3n) is 11.6. The molecule has 3 heteroatoms. The van der Waals surface area contributed by atoms with Crippen molar-refractivity contribution in [3.63, 3.8) is 0 Å². The number of para-hydroxylation sites is 3. The van der Waals surface area contributed by atoms with E-state index in [1.54, 1.807) is 0 Å². The third-order valence-corrected chi connectivity index (χ3v) is 12.7. The Kier molecular flexibility index (Phi) is 6.37. The molecular formula is C51H32N2S. The Balaban J connectivity index is 1.26.